The normalized spacial score (nSPS) is 11.6. The molecule has 0 bridgehead atoms. The van der Waals surface area contributed by atoms with E-state index < -0.39 is 15.9 Å². The summed E-state index contributed by atoms with van der Waals surface area (Å²) in [5.74, 6) is -0.406. The lowest BCUT2D eigenvalue weighted by atomic mass is 10.1. The Morgan fingerprint density at radius 2 is 1.61 bits per heavy atom. The summed E-state index contributed by atoms with van der Waals surface area (Å²) in [5.41, 5.74) is 3.69. The number of nitrogens with zero attached hydrogens (tertiary/aromatic N) is 1. The second-order valence-corrected chi connectivity index (χ2v) is 11.0. The molecule has 3 rings (SSSR count). The smallest absolute Gasteiger partial charge is 0.244 e. The van der Waals surface area contributed by atoms with E-state index in [4.69, 9.17) is 11.6 Å². The van der Waals surface area contributed by atoms with E-state index >= 15 is 0 Å². The van der Waals surface area contributed by atoms with Gasteiger partial charge in [0.1, 0.15) is 0 Å². The van der Waals surface area contributed by atoms with Crippen LogP contribution < -0.4 is 5.32 Å². The lowest BCUT2D eigenvalue weighted by Gasteiger charge is -2.24. The maximum absolute atomic E-state index is 13.8. The fourth-order valence-electron chi connectivity index (χ4n) is 3.82. The lowest BCUT2D eigenvalue weighted by Crippen LogP contribution is -2.38. The van der Waals surface area contributed by atoms with Crippen molar-refractivity contribution in [3.05, 3.63) is 87.9 Å². The van der Waals surface area contributed by atoms with E-state index in [1.165, 1.54) is 16.1 Å². The average Bonchev–Trinajstić information content (AvgIpc) is 2.74. The SMILES string of the molecule is CSc1ccccc1NC(=O)CN(Cc1ccc(Cl)cc1)S(=O)(=O)c1c(C)cc(C)cc1C. The second kappa shape index (κ2) is 10.7. The minimum absolute atomic E-state index is 0.0455. The van der Waals surface area contributed by atoms with Crippen LogP contribution in [-0.2, 0) is 21.4 Å². The molecule has 3 aromatic carbocycles. The van der Waals surface area contributed by atoms with Crippen molar-refractivity contribution in [1.29, 1.82) is 0 Å². The molecule has 0 aromatic heterocycles. The molecule has 174 valence electrons. The number of benzene rings is 3. The number of rotatable bonds is 8. The molecule has 0 fully saturated rings. The molecule has 0 aliphatic heterocycles. The first-order valence-electron chi connectivity index (χ1n) is 10.4. The third kappa shape index (κ3) is 6.18. The zero-order valence-corrected chi connectivity index (χ0v) is 21.4. The summed E-state index contributed by atoms with van der Waals surface area (Å²) in [6.45, 7) is 5.22. The number of aryl methyl sites for hydroxylation is 3. The van der Waals surface area contributed by atoms with Gasteiger partial charge in [0.15, 0.2) is 0 Å². The highest BCUT2D eigenvalue weighted by atomic mass is 35.5. The topological polar surface area (TPSA) is 66.5 Å². The van der Waals surface area contributed by atoms with E-state index in [0.29, 0.717) is 21.8 Å². The fourth-order valence-corrected chi connectivity index (χ4v) is 6.30. The standard InChI is InChI=1S/C25H27ClN2O3S2/c1-17-13-18(2)25(19(3)14-17)33(30,31)28(15-20-9-11-21(26)12-10-20)16-24(29)27-22-7-5-6-8-23(22)32-4/h5-14H,15-16H2,1-4H3,(H,27,29). The molecule has 5 nitrogen and oxygen atoms in total. The van der Waals surface area contributed by atoms with Crippen LogP contribution in [0.25, 0.3) is 0 Å². The lowest BCUT2D eigenvalue weighted by molar-refractivity contribution is -0.116. The van der Waals surface area contributed by atoms with Gasteiger partial charge in [0.25, 0.3) is 0 Å². The van der Waals surface area contributed by atoms with E-state index in [2.05, 4.69) is 5.32 Å². The summed E-state index contributed by atoms with van der Waals surface area (Å²) < 4.78 is 28.8. The van der Waals surface area contributed by atoms with Gasteiger partial charge in [-0.15, -0.1) is 11.8 Å². The van der Waals surface area contributed by atoms with Gasteiger partial charge in [-0.1, -0.05) is 53.6 Å². The van der Waals surface area contributed by atoms with Gasteiger partial charge < -0.3 is 5.32 Å². The molecular weight excluding hydrogens is 476 g/mol. The number of nitrogens with one attached hydrogen (secondary N) is 1. The van der Waals surface area contributed by atoms with E-state index in [1.54, 1.807) is 44.2 Å². The number of para-hydroxylation sites is 1. The van der Waals surface area contributed by atoms with Gasteiger partial charge in [0, 0.05) is 16.5 Å². The number of amides is 1. The first-order valence-corrected chi connectivity index (χ1v) is 13.4. The molecule has 0 aliphatic rings. The average molecular weight is 503 g/mol. The number of thioether (sulfide) groups is 1. The molecule has 8 heteroatoms. The van der Waals surface area contributed by atoms with Crippen molar-refractivity contribution in [2.45, 2.75) is 37.1 Å². The third-order valence-electron chi connectivity index (χ3n) is 5.18. The number of carbonyl (C=O) groups is 1. The molecule has 1 amide bonds. The Bertz CT molecular complexity index is 1240. The molecule has 0 radical (unpaired) electrons. The number of anilines is 1. The van der Waals surface area contributed by atoms with E-state index in [0.717, 1.165) is 16.0 Å². The van der Waals surface area contributed by atoms with Crippen LogP contribution in [0.15, 0.2) is 70.5 Å². The van der Waals surface area contributed by atoms with Crippen molar-refractivity contribution in [3.8, 4) is 0 Å². The van der Waals surface area contributed by atoms with Crippen LogP contribution in [0.4, 0.5) is 5.69 Å². The number of carbonyl (C=O) groups excluding carboxylic acids is 1. The highest BCUT2D eigenvalue weighted by molar-refractivity contribution is 7.98. The summed E-state index contributed by atoms with van der Waals surface area (Å²) >= 11 is 7.50. The summed E-state index contributed by atoms with van der Waals surface area (Å²) in [6.07, 6.45) is 1.92. The third-order valence-corrected chi connectivity index (χ3v) is 8.32. The molecule has 0 saturated heterocycles. The van der Waals surface area contributed by atoms with E-state index in [9.17, 15) is 13.2 Å². The fraction of sp³-hybridized carbons (Fsp3) is 0.240. The number of halogens is 1. The molecule has 33 heavy (non-hydrogen) atoms. The number of sulfonamides is 1. The molecule has 1 N–H and O–H groups in total. The maximum Gasteiger partial charge on any atom is 0.244 e. The van der Waals surface area contributed by atoms with Gasteiger partial charge in [0.2, 0.25) is 15.9 Å². The Morgan fingerprint density at radius 1 is 1.00 bits per heavy atom. The summed E-state index contributed by atoms with van der Waals surface area (Å²) in [4.78, 5) is 14.1. The summed E-state index contributed by atoms with van der Waals surface area (Å²) in [6, 6.07) is 18.1. The molecule has 0 heterocycles. The zero-order chi connectivity index (χ0) is 24.2. The molecule has 0 spiro atoms. The van der Waals surface area contributed by atoms with Gasteiger partial charge in [-0.2, -0.15) is 4.31 Å². The monoisotopic (exact) mass is 502 g/mol. The van der Waals surface area contributed by atoms with Crippen molar-refractivity contribution in [1.82, 2.24) is 4.31 Å². The maximum atomic E-state index is 13.8. The summed E-state index contributed by atoms with van der Waals surface area (Å²) in [5, 5.41) is 3.42. The highest BCUT2D eigenvalue weighted by Crippen LogP contribution is 2.28. The molecular formula is C25H27ClN2O3S2. The molecule has 0 atom stereocenters. The van der Waals surface area contributed by atoms with Crippen LogP contribution in [0.1, 0.15) is 22.3 Å². The Kier molecular flexibility index (Phi) is 8.23. The Morgan fingerprint density at radius 3 is 2.21 bits per heavy atom. The highest BCUT2D eigenvalue weighted by Gasteiger charge is 2.30. The predicted octanol–water partition coefficient (Wildman–Crippen LogP) is 5.82. The van der Waals surface area contributed by atoms with Crippen LogP contribution in [0.5, 0.6) is 0 Å². The van der Waals surface area contributed by atoms with Gasteiger partial charge in [0.05, 0.1) is 17.1 Å². The van der Waals surface area contributed by atoms with Gasteiger partial charge >= 0.3 is 0 Å². The quantitative estimate of drug-likeness (QED) is 0.394. The van der Waals surface area contributed by atoms with Gasteiger partial charge in [-0.3, -0.25) is 4.79 Å². The number of hydrogen-bond acceptors (Lipinski definition) is 4. The zero-order valence-electron chi connectivity index (χ0n) is 19.1. The molecule has 0 saturated carbocycles. The molecule has 0 unspecified atom stereocenters. The minimum Gasteiger partial charge on any atom is -0.324 e. The molecule has 0 aliphatic carbocycles. The van der Waals surface area contributed by atoms with E-state index in [-0.39, 0.29) is 18.0 Å². The first-order chi connectivity index (χ1) is 15.6. The Balaban J connectivity index is 1.97. The van der Waals surface area contributed by atoms with Crippen molar-refractivity contribution >= 4 is 45.0 Å². The van der Waals surface area contributed by atoms with Crippen LogP contribution in [0, 0.1) is 20.8 Å². The largest absolute Gasteiger partial charge is 0.324 e. The van der Waals surface area contributed by atoms with Gasteiger partial charge in [-0.05, 0) is 68.0 Å². The van der Waals surface area contributed by atoms with Gasteiger partial charge in [-0.25, -0.2) is 8.42 Å². The minimum atomic E-state index is -3.96. The van der Waals surface area contributed by atoms with Crippen LogP contribution in [-0.4, -0.2) is 31.4 Å². The predicted molar refractivity (Wildman–Crippen MR) is 137 cm³/mol. The first kappa shape index (κ1) is 25.3. The Labute approximate surface area is 205 Å². The second-order valence-electron chi connectivity index (χ2n) is 7.88. The van der Waals surface area contributed by atoms with E-state index in [1.807, 2.05) is 43.5 Å². The van der Waals surface area contributed by atoms with Crippen molar-refractivity contribution in [2.75, 3.05) is 18.1 Å². The Hall–Kier alpha value is -2.32. The van der Waals surface area contributed by atoms with Crippen LogP contribution in [0.2, 0.25) is 5.02 Å². The molecule has 3 aromatic rings. The van der Waals surface area contributed by atoms with Crippen molar-refractivity contribution < 1.29 is 13.2 Å². The van der Waals surface area contributed by atoms with Crippen LogP contribution >= 0.6 is 23.4 Å². The number of hydrogen-bond donors (Lipinski definition) is 1. The van der Waals surface area contributed by atoms with Crippen molar-refractivity contribution in [3.63, 3.8) is 0 Å². The summed E-state index contributed by atoms with van der Waals surface area (Å²) in [7, 11) is -3.96. The van der Waals surface area contributed by atoms with Crippen LogP contribution in [0.3, 0.4) is 0 Å². The van der Waals surface area contributed by atoms with Crippen molar-refractivity contribution in [2.24, 2.45) is 0 Å².